The Kier molecular flexibility index (Phi) is 24.9. The summed E-state index contributed by atoms with van der Waals surface area (Å²) in [5.41, 5.74) is 4.10. The standard InChI is InChI=1S/C10H18N2.2C2H6/c1-5-8-9-12(11-4)10(6-2)7-3;2*1-2/h6-9,11H,2,5H2,1,3-4H3;2*1-2H3/b9-8-,10-7-;;. The summed E-state index contributed by atoms with van der Waals surface area (Å²) in [4.78, 5) is 0. The van der Waals surface area contributed by atoms with E-state index in [1.807, 2.05) is 65.0 Å². The van der Waals surface area contributed by atoms with Crippen LogP contribution in [0.4, 0.5) is 0 Å². The Morgan fingerprint density at radius 1 is 1.25 bits per heavy atom. The molecule has 2 heteroatoms. The molecular weight excluding hydrogens is 196 g/mol. The predicted octanol–water partition coefficient (Wildman–Crippen LogP) is 4.49. The SMILES string of the molecule is C=C/C(=C/C)N(/C=C\CC)NC.CC.CC. The fourth-order valence-corrected chi connectivity index (χ4v) is 0.856. The van der Waals surface area contributed by atoms with E-state index in [9.17, 15) is 0 Å². The molecule has 0 radical (unpaired) electrons. The minimum Gasteiger partial charge on any atom is -0.285 e. The van der Waals surface area contributed by atoms with E-state index in [1.165, 1.54) is 0 Å². The first-order valence-corrected chi connectivity index (χ1v) is 6.22. The summed E-state index contributed by atoms with van der Waals surface area (Å²) in [5, 5.41) is 1.93. The Morgan fingerprint density at radius 2 is 1.75 bits per heavy atom. The molecule has 0 saturated carbocycles. The van der Waals surface area contributed by atoms with Gasteiger partial charge in [-0.2, -0.15) is 0 Å². The molecular formula is C14H30N2. The first-order valence-electron chi connectivity index (χ1n) is 6.22. The van der Waals surface area contributed by atoms with E-state index in [1.54, 1.807) is 0 Å². The smallest absolute Gasteiger partial charge is 0.0521 e. The number of rotatable bonds is 5. The lowest BCUT2D eigenvalue weighted by atomic mass is 10.4. The van der Waals surface area contributed by atoms with Crippen molar-refractivity contribution >= 4 is 0 Å². The average molecular weight is 226 g/mol. The molecule has 0 aromatic rings. The molecule has 1 N–H and O–H groups in total. The molecule has 0 aromatic heterocycles. The van der Waals surface area contributed by atoms with Crippen LogP contribution < -0.4 is 5.43 Å². The molecule has 0 unspecified atom stereocenters. The van der Waals surface area contributed by atoms with Gasteiger partial charge < -0.3 is 0 Å². The van der Waals surface area contributed by atoms with Gasteiger partial charge in [0, 0.05) is 13.2 Å². The number of hydrogen-bond donors (Lipinski definition) is 1. The third-order valence-corrected chi connectivity index (χ3v) is 1.51. The Hall–Kier alpha value is -1.02. The first kappa shape index (κ1) is 20.4. The Morgan fingerprint density at radius 3 is 2.00 bits per heavy atom. The zero-order valence-corrected chi connectivity index (χ0v) is 12.2. The molecule has 0 aliphatic heterocycles. The molecule has 0 aliphatic rings. The minimum absolute atomic E-state index is 1.03. The van der Waals surface area contributed by atoms with Gasteiger partial charge in [-0.25, -0.2) is 5.43 Å². The van der Waals surface area contributed by atoms with Crippen molar-refractivity contribution < 1.29 is 0 Å². The van der Waals surface area contributed by atoms with Crippen molar-refractivity contribution in [2.75, 3.05) is 7.05 Å². The van der Waals surface area contributed by atoms with Crippen molar-refractivity contribution in [3.8, 4) is 0 Å². The van der Waals surface area contributed by atoms with E-state index >= 15 is 0 Å². The van der Waals surface area contributed by atoms with Gasteiger partial charge in [0.25, 0.3) is 0 Å². The maximum absolute atomic E-state index is 3.72. The van der Waals surface area contributed by atoms with E-state index < -0.39 is 0 Å². The fourth-order valence-electron chi connectivity index (χ4n) is 0.856. The summed E-state index contributed by atoms with van der Waals surface area (Å²) in [5.74, 6) is 0. The Bertz CT molecular complexity index is 181. The molecule has 0 amide bonds. The van der Waals surface area contributed by atoms with Gasteiger partial charge in [0.2, 0.25) is 0 Å². The summed E-state index contributed by atoms with van der Waals surface area (Å²) in [6.45, 7) is 15.8. The highest BCUT2D eigenvalue weighted by molar-refractivity contribution is 5.15. The number of allylic oxidation sites excluding steroid dienone is 3. The highest BCUT2D eigenvalue weighted by Crippen LogP contribution is 2.02. The van der Waals surface area contributed by atoms with Crippen LogP contribution in [0.3, 0.4) is 0 Å². The van der Waals surface area contributed by atoms with Gasteiger partial charge in [-0.3, -0.25) is 5.01 Å². The highest BCUT2D eigenvalue weighted by atomic mass is 15.5. The molecule has 0 heterocycles. The van der Waals surface area contributed by atoms with Crippen LogP contribution in [-0.4, -0.2) is 12.1 Å². The largest absolute Gasteiger partial charge is 0.285 e. The van der Waals surface area contributed by atoms with Crippen LogP contribution in [0.25, 0.3) is 0 Å². The lowest BCUT2D eigenvalue weighted by Crippen LogP contribution is -2.28. The van der Waals surface area contributed by atoms with Crippen LogP contribution in [0.5, 0.6) is 0 Å². The third kappa shape index (κ3) is 11.1. The van der Waals surface area contributed by atoms with Gasteiger partial charge in [-0.15, -0.1) is 0 Å². The monoisotopic (exact) mass is 226 g/mol. The van der Waals surface area contributed by atoms with Crippen molar-refractivity contribution in [3.05, 3.63) is 36.7 Å². The van der Waals surface area contributed by atoms with E-state index in [0.717, 1.165) is 12.1 Å². The number of nitrogens with one attached hydrogen (secondary N) is 1. The van der Waals surface area contributed by atoms with Gasteiger partial charge >= 0.3 is 0 Å². The first-order chi connectivity index (χ1) is 7.79. The summed E-state index contributed by atoms with van der Waals surface area (Å²) >= 11 is 0. The highest BCUT2D eigenvalue weighted by Gasteiger charge is 1.96. The van der Waals surface area contributed by atoms with E-state index in [0.29, 0.717) is 0 Å². The van der Waals surface area contributed by atoms with Crippen molar-refractivity contribution in [1.29, 1.82) is 0 Å². The van der Waals surface area contributed by atoms with E-state index in [2.05, 4.69) is 25.0 Å². The van der Waals surface area contributed by atoms with Crippen molar-refractivity contribution in [2.24, 2.45) is 0 Å². The van der Waals surface area contributed by atoms with Gasteiger partial charge in [0.15, 0.2) is 0 Å². The van der Waals surface area contributed by atoms with Gasteiger partial charge in [-0.05, 0) is 19.4 Å². The van der Waals surface area contributed by atoms with E-state index in [-0.39, 0.29) is 0 Å². The van der Waals surface area contributed by atoms with Crippen molar-refractivity contribution in [2.45, 2.75) is 48.0 Å². The molecule has 0 bridgehead atoms. The zero-order chi connectivity index (χ0) is 13.4. The Balaban J connectivity index is -0.000000376. The maximum atomic E-state index is 3.72. The fraction of sp³-hybridized carbons (Fsp3) is 0.571. The number of hydrogen-bond acceptors (Lipinski definition) is 2. The second kappa shape index (κ2) is 19.5. The van der Waals surface area contributed by atoms with Crippen LogP contribution >= 0.6 is 0 Å². The van der Waals surface area contributed by atoms with Crippen molar-refractivity contribution in [1.82, 2.24) is 10.4 Å². The van der Waals surface area contributed by atoms with Crippen LogP contribution in [0.1, 0.15) is 48.0 Å². The number of nitrogens with zero attached hydrogens (tertiary/aromatic N) is 1. The van der Waals surface area contributed by atoms with Crippen LogP contribution in [0.15, 0.2) is 36.7 Å². The third-order valence-electron chi connectivity index (χ3n) is 1.51. The molecule has 0 aliphatic carbocycles. The summed E-state index contributed by atoms with van der Waals surface area (Å²) in [6, 6.07) is 0. The molecule has 0 spiro atoms. The second-order valence-corrected chi connectivity index (χ2v) is 2.30. The molecule has 0 saturated heterocycles. The molecule has 96 valence electrons. The summed E-state index contributed by atoms with van der Waals surface area (Å²) < 4.78 is 0. The topological polar surface area (TPSA) is 15.3 Å². The van der Waals surface area contributed by atoms with Gasteiger partial charge in [0.1, 0.15) is 0 Å². The van der Waals surface area contributed by atoms with Crippen LogP contribution in [0, 0.1) is 0 Å². The zero-order valence-electron chi connectivity index (χ0n) is 12.2. The Labute approximate surface area is 103 Å². The van der Waals surface area contributed by atoms with Crippen LogP contribution in [-0.2, 0) is 0 Å². The van der Waals surface area contributed by atoms with Gasteiger partial charge in [-0.1, -0.05) is 53.3 Å². The second-order valence-electron chi connectivity index (χ2n) is 2.30. The summed E-state index contributed by atoms with van der Waals surface area (Å²) in [6.07, 6.45) is 8.94. The lowest BCUT2D eigenvalue weighted by molar-refractivity contribution is 0.384. The van der Waals surface area contributed by atoms with Crippen molar-refractivity contribution in [3.63, 3.8) is 0 Å². The normalized spacial score (nSPS) is 9.81. The molecule has 0 aromatic carbocycles. The van der Waals surface area contributed by atoms with E-state index in [4.69, 9.17) is 0 Å². The minimum atomic E-state index is 1.03. The lowest BCUT2D eigenvalue weighted by Gasteiger charge is -2.19. The van der Waals surface area contributed by atoms with Crippen LogP contribution in [0.2, 0.25) is 0 Å². The number of hydrazine groups is 1. The predicted molar refractivity (Wildman–Crippen MR) is 77.0 cm³/mol. The summed E-state index contributed by atoms with van der Waals surface area (Å²) in [7, 11) is 1.88. The van der Waals surface area contributed by atoms with Gasteiger partial charge in [0.05, 0.1) is 5.70 Å². The molecule has 2 nitrogen and oxygen atoms in total. The maximum Gasteiger partial charge on any atom is 0.0521 e. The molecule has 0 rings (SSSR count). The molecule has 0 atom stereocenters. The average Bonchev–Trinajstić information content (AvgIpc) is 2.39. The quantitative estimate of drug-likeness (QED) is 0.549. The molecule has 16 heavy (non-hydrogen) atoms. The molecule has 0 fully saturated rings.